The minimum Gasteiger partial charge on any atom is -0.314 e. The van der Waals surface area contributed by atoms with Crippen molar-refractivity contribution in [2.75, 3.05) is 0 Å². The van der Waals surface area contributed by atoms with E-state index >= 15 is 0 Å². The predicted molar refractivity (Wildman–Crippen MR) is 76.7 cm³/mol. The summed E-state index contributed by atoms with van der Waals surface area (Å²) in [5, 5.41) is 0. The SMILES string of the molecule is CC(C)(C)/C(NNN)=C(/NNI)C(C)(C)C. The lowest BCUT2D eigenvalue weighted by atomic mass is 9.83. The molecule has 96 valence electrons. The molecule has 16 heavy (non-hydrogen) atoms. The number of hydrogen-bond donors (Lipinski definition) is 5. The lowest BCUT2D eigenvalue weighted by Gasteiger charge is -2.33. The van der Waals surface area contributed by atoms with E-state index in [4.69, 9.17) is 5.84 Å². The van der Waals surface area contributed by atoms with Crippen LogP contribution in [0, 0.1) is 10.8 Å². The van der Waals surface area contributed by atoms with Crippen LogP contribution in [0.15, 0.2) is 11.4 Å². The van der Waals surface area contributed by atoms with E-state index in [0.29, 0.717) is 0 Å². The summed E-state index contributed by atoms with van der Waals surface area (Å²) in [5.41, 5.74) is 10.8. The number of nitrogens with one attached hydrogen (secondary N) is 4. The standard InChI is InChI=1S/C10H24IN5/c1-9(2,3)7(13-15-11)8(14-16-12)10(4,5)6/h13-16H,12H2,1-6H3/b8-7-. The van der Waals surface area contributed by atoms with Gasteiger partial charge in [0, 0.05) is 33.7 Å². The van der Waals surface area contributed by atoms with E-state index in [1.54, 1.807) is 0 Å². The van der Waals surface area contributed by atoms with Gasteiger partial charge in [-0.05, 0) is 0 Å². The van der Waals surface area contributed by atoms with Gasteiger partial charge in [0.2, 0.25) is 0 Å². The zero-order valence-corrected chi connectivity index (χ0v) is 13.1. The first kappa shape index (κ1) is 16.0. The third-order valence-electron chi connectivity index (χ3n) is 2.12. The highest BCUT2D eigenvalue weighted by molar-refractivity contribution is 14.1. The van der Waals surface area contributed by atoms with E-state index in [2.05, 4.69) is 84.4 Å². The molecule has 0 aromatic rings. The van der Waals surface area contributed by atoms with Gasteiger partial charge in [-0.25, -0.2) is 0 Å². The molecule has 0 fully saturated rings. The summed E-state index contributed by atoms with van der Waals surface area (Å²) >= 11 is 2.06. The van der Waals surface area contributed by atoms with E-state index in [0.717, 1.165) is 11.4 Å². The molecule has 0 unspecified atom stereocenters. The molecule has 0 aromatic heterocycles. The number of hydrogen-bond acceptors (Lipinski definition) is 5. The molecular formula is C10H24IN5. The molecular weight excluding hydrogens is 317 g/mol. The van der Waals surface area contributed by atoms with Crippen LogP contribution in [0.3, 0.4) is 0 Å². The molecule has 0 radical (unpaired) electrons. The molecule has 0 saturated carbocycles. The maximum atomic E-state index is 5.36. The average molecular weight is 341 g/mol. The fourth-order valence-corrected chi connectivity index (χ4v) is 1.64. The van der Waals surface area contributed by atoms with Gasteiger partial charge < -0.3 is 10.9 Å². The Hall–Kier alpha value is -0.0500. The highest BCUT2D eigenvalue weighted by atomic mass is 127. The van der Waals surface area contributed by atoms with E-state index in [1.165, 1.54) is 0 Å². The molecule has 0 aliphatic heterocycles. The Morgan fingerprint density at radius 3 is 1.50 bits per heavy atom. The van der Waals surface area contributed by atoms with Gasteiger partial charge in [0.25, 0.3) is 0 Å². The Morgan fingerprint density at radius 2 is 1.25 bits per heavy atom. The molecule has 6 N–H and O–H groups in total. The molecule has 0 bridgehead atoms. The summed E-state index contributed by atoms with van der Waals surface area (Å²) in [5.74, 6) is 5.36. The largest absolute Gasteiger partial charge is 0.314 e. The zero-order valence-electron chi connectivity index (χ0n) is 11.0. The lowest BCUT2D eigenvalue weighted by molar-refractivity contribution is 0.373. The molecule has 0 rings (SSSR count). The number of allylic oxidation sites excluding steroid dienone is 2. The normalized spacial score (nSPS) is 14.5. The second-order valence-electron chi connectivity index (χ2n) is 5.74. The minimum absolute atomic E-state index is 0.00929. The van der Waals surface area contributed by atoms with Gasteiger partial charge >= 0.3 is 0 Å². The van der Waals surface area contributed by atoms with Crippen LogP contribution in [0.2, 0.25) is 0 Å². The minimum atomic E-state index is -0.0323. The Labute approximate surface area is 112 Å². The van der Waals surface area contributed by atoms with Gasteiger partial charge in [-0.15, -0.1) is 0 Å². The maximum absolute atomic E-state index is 5.36. The van der Waals surface area contributed by atoms with Crippen molar-refractivity contribution >= 4 is 22.9 Å². The van der Waals surface area contributed by atoms with E-state index < -0.39 is 0 Å². The van der Waals surface area contributed by atoms with Gasteiger partial charge in [0.1, 0.15) is 0 Å². The highest BCUT2D eigenvalue weighted by Crippen LogP contribution is 2.32. The summed E-state index contributed by atoms with van der Waals surface area (Å²) < 4.78 is 2.94. The first-order chi connectivity index (χ1) is 7.14. The maximum Gasteiger partial charge on any atom is 0.0537 e. The van der Waals surface area contributed by atoms with Crippen LogP contribution in [0.25, 0.3) is 0 Å². The monoisotopic (exact) mass is 341 g/mol. The first-order valence-corrected chi connectivity index (χ1v) is 6.31. The van der Waals surface area contributed by atoms with Crippen LogP contribution in [0.5, 0.6) is 0 Å². The van der Waals surface area contributed by atoms with Gasteiger partial charge in [-0.2, -0.15) is 9.17 Å². The van der Waals surface area contributed by atoms with Gasteiger partial charge in [0.15, 0.2) is 0 Å². The predicted octanol–water partition coefficient (Wildman–Crippen LogP) is 1.70. The Morgan fingerprint density at radius 1 is 0.875 bits per heavy atom. The van der Waals surface area contributed by atoms with E-state index in [1.807, 2.05) is 0 Å². The Balaban J connectivity index is 5.45. The number of nitrogens with two attached hydrogens (primary N) is 1. The van der Waals surface area contributed by atoms with Crippen molar-refractivity contribution in [2.24, 2.45) is 16.7 Å². The zero-order chi connectivity index (χ0) is 13.0. The van der Waals surface area contributed by atoms with Gasteiger partial charge in [-0.1, -0.05) is 41.5 Å². The van der Waals surface area contributed by atoms with E-state index in [-0.39, 0.29) is 10.8 Å². The smallest absolute Gasteiger partial charge is 0.0537 e. The molecule has 6 heteroatoms. The van der Waals surface area contributed by atoms with Crippen LogP contribution in [-0.2, 0) is 0 Å². The number of rotatable bonds is 4. The van der Waals surface area contributed by atoms with Crippen LogP contribution < -0.4 is 25.9 Å². The topological polar surface area (TPSA) is 74.1 Å². The summed E-state index contributed by atoms with van der Waals surface area (Å²) in [4.78, 5) is 0. The van der Waals surface area contributed by atoms with E-state index in [9.17, 15) is 0 Å². The fraction of sp³-hybridized carbons (Fsp3) is 0.800. The molecule has 0 aliphatic carbocycles. The van der Waals surface area contributed by atoms with Crippen molar-refractivity contribution in [3.05, 3.63) is 11.4 Å². The molecule has 0 amide bonds. The first-order valence-electron chi connectivity index (χ1n) is 5.23. The van der Waals surface area contributed by atoms with Crippen molar-refractivity contribution < 1.29 is 0 Å². The summed E-state index contributed by atoms with van der Waals surface area (Å²) in [6.45, 7) is 12.8. The van der Waals surface area contributed by atoms with Crippen LogP contribution >= 0.6 is 22.9 Å². The second kappa shape index (κ2) is 6.04. The molecule has 0 aromatic carbocycles. The molecule has 5 nitrogen and oxygen atoms in total. The fourth-order valence-electron chi connectivity index (χ4n) is 1.37. The van der Waals surface area contributed by atoms with Crippen molar-refractivity contribution in [3.8, 4) is 0 Å². The average Bonchev–Trinajstić information content (AvgIpc) is 2.07. The van der Waals surface area contributed by atoms with Crippen LogP contribution in [-0.4, -0.2) is 0 Å². The molecule has 0 heterocycles. The third kappa shape index (κ3) is 4.86. The molecule has 0 atom stereocenters. The molecule has 0 aliphatic rings. The van der Waals surface area contributed by atoms with Gasteiger partial charge in [0.05, 0.1) is 11.4 Å². The summed E-state index contributed by atoms with van der Waals surface area (Å²) in [6, 6.07) is 0. The number of halogens is 1. The lowest BCUT2D eigenvalue weighted by Crippen LogP contribution is -2.45. The summed E-state index contributed by atoms with van der Waals surface area (Å²) in [6.07, 6.45) is 0. The molecule has 0 saturated heterocycles. The number of hydrazine groups is 3. The summed E-state index contributed by atoms with van der Waals surface area (Å²) in [7, 11) is 0. The Kier molecular flexibility index (Phi) is 6.02. The van der Waals surface area contributed by atoms with Crippen molar-refractivity contribution in [2.45, 2.75) is 41.5 Å². The highest BCUT2D eigenvalue weighted by Gasteiger charge is 2.28. The van der Waals surface area contributed by atoms with Crippen LogP contribution in [0.4, 0.5) is 0 Å². The quantitative estimate of drug-likeness (QED) is 0.233. The van der Waals surface area contributed by atoms with Crippen LogP contribution in [0.1, 0.15) is 41.5 Å². The van der Waals surface area contributed by atoms with Gasteiger partial charge in [-0.3, -0.25) is 5.84 Å². The third-order valence-corrected chi connectivity index (χ3v) is 2.39. The Bertz CT molecular complexity index is 223. The second-order valence-corrected chi connectivity index (χ2v) is 6.28. The van der Waals surface area contributed by atoms with Crippen molar-refractivity contribution in [1.82, 2.24) is 20.0 Å². The van der Waals surface area contributed by atoms with Crippen molar-refractivity contribution in [1.29, 1.82) is 0 Å². The van der Waals surface area contributed by atoms with Crippen molar-refractivity contribution in [3.63, 3.8) is 0 Å². The molecule has 0 spiro atoms.